The quantitative estimate of drug-likeness (QED) is 0.602. The molecule has 1 aliphatic heterocycles. The largest absolute Gasteiger partial charge is 0.491 e. The topological polar surface area (TPSA) is 95.0 Å². The Bertz CT molecular complexity index is 757. The van der Waals surface area contributed by atoms with Crippen molar-refractivity contribution >= 4 is 17.6 Å². The first kappa shape index (κ1) is 17.8. The summed E-state index contributed by atoms with van der Waals surface area (Å²) in [5.41, 5.74) is 2.52. The van der Waals surface area contributed by atoms with Crippen LogP contribution in [0.4, 0.5) is 5.69 Å². The molecule has 0 saturated heterocycles. The second-order valence-electron chi connectivity index (χ2n) is 5.76. The lowest BCUT2D eigenvalue weighted by atomic mass is 10.1. The van der Waals surface area contributed by atoms with Crippen molar-refractivity contribution < 1.29 is 14.6 Å². The van der Waals surface area contributed by atoms with E-state index in [0.29, 0.717) is 17.9 Å². The molecule has 0 aliphatic carbocycles. The van der Waals surface area contributed by atoms with E-state index in [2.05, 4.69) is 20.9 Å². The van der Waals surface area contributed by atoms with Gasteiger partial charge in [-0.05, 0) is 42.0 Å². The summed E-state index contributed by atoms with van der Waals surface area (Å²) in [4.78, 5) is 16.5. The van der Waals surface area contributed by atoms with Gasteiger partial charge in [0.2, 0.25) is 0 Å². The lowest BCUT2D eigenvalue weighted by Crippen LogP contribution is -2.26. The minimum absolute atomic E-state index is 0.0405. The summed E-state index contributed by atoms with van der Waals surface area (Å²) >= 11 is 0. The third-order valence-corrected chi connectivity index (χ3v) is 3.82. The van der Waals surface area contributed by atoms with Gasteiger partial charge in [-0.25, -0.2) is 0 Å². The molecular formula is C19H22N4O3. The molecule has 0 fully saturated rings. The molecule has 1 heterocycles. The molecule has 136 valence electrons. The fourth-order valence-electron chi connectivity index (χ4n) is 2.47. The highest BCUT2D eigenvalue weighted by molar-refractivity contribution is 5.95. The summed E-state index contributed by atoms with van der Waals surface area (Å²) in [6.07, 6.45) is 0. The van der Waals surface area contributed by atoms with Crippen molar-refractivity contribution in [2.45, 2.75) is 6.54 Å². The number of anilines is 1. The number of aliphatic hydroxyl groups excluding tert-OH is 1. The van der Waals surface area contributed by atoms with Crippen LogP contribution in [-0.4, -0.2) is 43.3 Å². The Balaban J connectivity index is 1.49. The van der Waals surface area contributed by atoms with E-state index in [1.807, 2.05) is 24.3 Å². The smallest absolute Gasteiger partial charge is 0.251 e. The summed E-state index contributed by atoms with van der Waals surface area (Å²) in [5, 5.41) is 18.0. The number of hydrogen-bond donors (Lipinski definition) is 4. The molecule has 0 atom stereocenters. The van der Waals surface area contributed by atoms with Gasteiger partial charge in [0.05, 0.1) is 13.2 Å². The van der Waals surface area contributed by atoms with Gasteiger partial charge in [-0.15, -0.1) is 0 Å². The Morgan fingerprint density at radius 3 is 2.58 bits per heavy atom. The van der Waals surface area contributed by atoms with Crippen LogP contribution >= 0.6 is 0 Å². The number of carbonyl (C=O) groups excluding carboxylic acids is 1. The number of rotatable bonds is 7. The maximum Gasteiger partial charge on any atom is 0.251 e. The van der Waals surface area contributed by atoms with Gasteiger partial charge in [-0.1, -0.05) is 12.1 Å². The van der Waals surface area contributed by atoms with Crippen LogP contribution < -0.4 is 20.7 Å². The maximum atomic E-state index is 12.2. The zero-order valence-corrected chi connectivity index (χ0v) is 14.4. The third-order valence-electron chi connectivity index (χ3n) is 3.82. The molecule has 1 amide bonds. The number of carbonyl (C=O) groups is 1. The normalized spacial score (nSPS) is 12.9. The van der Waals surface area contributed by atoms with E-state index < -0.39 is 0 Å². The Morgan fingerprint density at radius 1 is 1.15 bits per heavy atom. The Labute approximate surface area is 152 Å². The van der Waals surface area contributed by atoms with Gasteiger partial charge in [0.1, 0.15) is 12.4 Å². The molecule has 0 saturated carbocycles. The van der Waals surface area contributed by atoms with Gasteiger partial charge in [-0.3, -0.25) is 9.79 Å². The molecule has 0 unspecified atom stereocenters. The summed E-state index contributed by atoms with van der Waals surface area (Å²) in [6.45, 7) is 2.30. The number of benzene rings is 2. The zero-order valence-electron chi connectivity index (χ0n) is 14.4. The fourth-order valence-corrected chi connectivity index (χ4v) is 2.47. The SMILES string of the molecule is O=C(NCc1ccc(NC2=NCCN2)cc1)c1ccc(OCCO)cc1. The monoisotopic (exact) mass is 354 g/mol. The highest BCUT2D eigenvalue weighted by Crippen LogP contribution is 2.13. The molecule has 26 heavy (non-hydrogen) atoms. The van der Waals surface area contributed by atoms with Crippen LogP contribution in [0, 0.1) is 0 Å². The Hall–Kier alpha value is -3.06. The van der Waals surface area contributed by atoms with E-state index in [0.717, 1.165) is 30.3 Å². The average Bonchev–Trinajstić information content (AvgIpc) is 3.19. The van der Waals surface area contributed by atoms with Crippen LogP contribution in [0.3, 0.4) is 0 Å². The molecule has 1 aliphatic rings. The molecule has 3 rings (SSSR count). The second-order valence-corrected chi connectivity index (χ2v) is 5.76. The summed E-state index contributed by atoms with van der Waals surface area (Å²) < 4.78 is 5.28. The number of nitrogens with one attached hydrogen (secondary N) is 3. The number of nitrogens with zero attached hydrogens (tertiary/aromatic N) is 1. The van der Waals surface area contributed by atoms with Crippen LogP contribution in [0.25, 0.3) is 0 Å². The van der Waals surface area contributed by atoms with Gasteiger partial charge in [0.15, 0.2) is 5.96 Å². The van der Waals surface area contributed by atoms with Crippen molar-refractivity contribution in [1.82, 2.24) is 10.6 Å². The van der Waals surface area contributed by atoms with Gasteiger partial charge in [0.25, 0.3) is 5.91 Å². The van der Waals surface area contributed by atoms with Gasteiger partial charge in [0, 0.05) is 24.3 Å². The summed E-state index contributed by atoms with van der Waals surface area (Å²) in [7, 11) is 0. The first-order chi connectivity index (χ1) is 12.7. The van der Waals surface area contributed by atoms with E-state index in [1.165, 1.54) is 0 Å². The number of aliphatic imine (C=N–C) groups is 1. The second kappa shape index (κ2) is 8.87. The van der Waals surface area contributed by atoms with E-state index in [-0.39, 0.29) is 19.1 Å². The average molecular weight is 354 g/mol. The van der Waals surface area contributed by atoms with Gasteiger partial charge >= 0.3 is 0 Å². The van der Waals surface area contributed by atoms with Crippen molar-refractivity contribution in [1.29, 1.82) is 0 Å². The first-order valence-corrected chi connectivity index (χ1v) is 8.51. The molecule has 4 N–H and O–H groups in total. The van der Waals surface area contributed by atoms with Crippen LogP contribution in [0.5, 0.6) is 5.75 Å². The minimum atomic E-state index is -0.148. The molecule has 0 radical (unpaired) electrons. The lowest BCUT2D eigenvalue weighted by Gasteiger charge is -2.09. The van der Waals surface area contributed by atoms with E-state index in [9.17, 15) is 4.79 Å². The number of ether oxygens (including phenoxy) is 1. The number of amides is 1. The van der Waals surface area contributed by atoms with Gasteiger partial charge in [-0.2, -0.15) is 0 Å². The fraction of sp³-hybridized carbons (Fsp3) is 0.263. The molecule has 2 aromatic rings. The maximum absolute atomic E-state index is 12.2. The molecule has 7 nitrogen and oxygen atoms in total. The molecular weight excluding hydrogens is 332 g/mol. The van der Waals surface area contributed by atoms with E-state index in [4.69, 9.17) is 9.84 Å². The molecule has 0 bridgehead atoms. The highest BCUT2D eigenvalue weighted by atomic mass is 16.5. The number of aliphatic hydroxyl groups is 1. The van der Waals surface area contributed by atoms with Crippen LogP contribution in [0.1, 0.15) is 15.9 Å². The first-order valence-electron chi connectivity index (χ1n) is 8.51. The predicted octanol–water partition coefficient (Wildman–Crippen LogP) is 1.36. The molecule has 7 heteroatoms. The Kier molecular flexibility index (Phi) is 6.05. The van der Waals surface area contributed by atoms with Crippen molar-refractivity contribution in [3.8, 4) is 5.75 Å². The van der Waals surface area contributed by atoms with E-state index in [1.54, 1.807) is 24.3 Å². The van der Waals surface area contributed by atoms with Crippen LogP contribution in [-0.2, 0) is 6.54 Å². The van der Waals surface area contributed by atoms with Gasteiger partial charge < -0.3 is 25.8 Å². The minimum Gasteiger partial charge on any atom is -0.491 e. The molecule has 2 aromatic carbocycles. The van der Waals surface area contributed by atoms with Crippen molar-refractivity contribution in [2.75, 3.05) is 31.6 Å². The van der Waals surface area contributed by atoms with Crippen molar-refractivity contribution in [3.05, 3.63) is 59.7 Å². The summed E-state index contributed by atoms with van der Waals surface area (Å²) in [6, 6.07) is 14.7. The zero-order chi connectivity index (χ0) is 18.2. The Morgan fingerprint density at radius 2 is 1.92 bits per heavy atom. The van der Waals surface area contributed by atoms with Crippen molar-refractivity contribution in [3.63, 3.8) is 0 Å². The standard InChI is InChI=1S/C19H22N4O3/c24-11-12-26-17-7-3-15(4-8-17)18(25)22-13-14-1-5-16(6-2-14)23-19-20-9-10-21-19/h1-8,24H,9-13H2,(H,22,25)(H2,20,21,23). The highest BCUT2D eigenvalue weighted by Gasteiger charge is 2.07. The van der Waals surface area contributed by atoms with Crippen LogP contribution in [0.15, 0.2) is 53.5 Å². The van der Waals surface area contributed by atoms with Crippen LogP contribution in [0.2, 0.25) is 0 Å². The van der Waals surface area contributed by atoms with Crippen molar-refractivity contribution in [2.24, 2.45) is 4.99 Å². The third kappa shape index (κ3) is 4.97. The number of guanidine groups is 1. The molecule has 0 spiro atoms. The number of hydrogen-bond acceptors (Lipinski definition) is 6. The lowest BCUT2D eigenvalue weighted by molar-refractivity contribution is 0.0951. The summed E-state index contributed by atoms with van der Waals surface area (Å²) in [5.74, 6) is 1.27. The van der Waals surface area contributed by atoms with E-state index >= 15 is 0 Å². The predicted molar refractivity (Wildman–Crippen MR) is 101 cm³/mol. The molecule has 0 aromatic heterocycles.